The number of nitrogens with zero attached hydrogens (tertiary/aromatic N) is 5. The Bertz CT molecular complexity index is 1520. The van der Waals surface area contributed by atoms with Gasteiger partial charge in [0.15, 0.2) is 11.6 Å². The van der Waals surface area contributed by atoms with E-state index in [0.717, 1.165) is 17.7 Å². The Morgan fingerprint density at radius 1 is 1.18 bits per heavy atom. The van der Waals surface area contributed by atoms with Crippen molar-refractivity contribution in [1.29, 1.82) is 0 Å². The van der Waals surface area contributed by atoms with Crippen LogP contribution in [0.5, 0.6) is 0 Å². The Morgan fingerprint density at radius 2 is 2.00 bits per heavy atom. The molecule has 40 heavy (non-hydrogen) atoms. The van der Waals surface area contributed by atoms with Crippen molar-refractivity contribution in [1.82, 2.24) is 29.9 Å². The van der Waals surface area contributed by atoms with Gasteiger partial charge in [0.2, 0.25) is 0 Å². The molecule has 0 saturated carbocycles. The fourth-order valence-electron chi connectivity index (χ4n) is 4.60. The van der Waals surface area contributed by atoms with E-state index in [1.54, 1.807) is 55.4 Å². The first kappa shape index (κ1) is 27.4. The van der Waals surface area contributed by atoms with Gasteiger partial charge in [-0.05, 0) is 42.8 Å². The summed E-state index contributed by atoms with van der Waals surface area (Å²) in [5, 5.41) is 16.2. The smallest absolute Gasteiger partial charge is 0.320 e. The molecule has 1 fully saturated rings. The third-order valence-corrected chi connectivity index (χ3v) is 6.55. The Labute approximate surface area is 228 Å². The van der Waals surface area contributed by atoms with Gasteiger partial charge in [-0.2, -0.15) is 15.3 Å². The van der Waals surface area contributed by atoms with Gasteiger partial charge in [0.1, 0.15) is 23.4 Å². The molecule has 2 N–H and O–H groups in total. The van der Waals surface area contributed by atoms with Crippen LogP contribution in [0.1, 0.15) is 17.2 Å². The summed E-state index contributed by atoms with van der Waals surface area (Å²) in [4.78, 5) is 19.3. The van der Waals surface area contributed by atoms with Crippen molar-refractivity contribution in [3.8, 4) is 16.9 Å². The van der Waals surface area contributed by atoms with Crippen LogP contribution in [0.3, 0.4) is 0 Å². The maximum absolute atomic E-state index is 14.1. The van der Waals surface area contributed by atoms with Crippen LogP contribution in [0.2, 0.25) is 0 Å². The molecule has 0 unspecified atom stereocenters. The predicted molar refractivity (Wildman–Crippen MR) is 140 cm³/mol. The fourth-order valence-corrected chi connectivity index (χ4v) is 4.60. The minimum Gasteiger partial charge on any atom is -0.383 e. The van der Waals surface area contributed by atoms with Crippen molar-refractivity contribution in [3.63, 3.8) is 0 Å². The summed E-state index contributed by atoms with van der Waals surface area (Å²) < 4.78 is 49.9. The maximum atomic E-state index is 14.1. The highest BCUT2D eigenvalue weighted by Crippen LogP contribution is 2.32. The van der Waals surface area contributed by atoms with Crippen LogP contribution in [0.4, 0.5) is 23.8 Å². The molecule has 0 spiro atoms. The van der Waals surface area contributed by atoms with E-state index in [9.17, 15) is 18.0 Å². The molecule has 2 amide bonds. The molecule has 1 aliphatic rings. The number of hydroxylamine groups is 2. The summed E-state index contributed by atoms with van der Waals surface area (Å²) in [6.07, 6.45) is 2.65. The number of carbonyl (C=O) groups excluding carboxylic acids is 1. The van der Waals surface area contributed by atoms with Gasteiger partial charge in [0.25, 0.3) is 0 Å². The lowest BCUT2D eigenvalue weighted by atomic mass is 10.0. The van der Waals surface area contributed by atoms with Gasteiger partial charge in [0.05, 0.1) is 24.5 Å². The number of benzene rings is 2. The van der Waals surface area contributed by atoms with Crippen LogP contribution in [-0.4, -0.2) is 63.5 Å². The number of carbonyl (C=O) groups is 1. The first-order valence-corrected chi connectivity index (χ1v) is 12.5. The number of methoxy groups -OCH3 is 1. The molecule has 10 nitrogen and oxygen atoms in total. The molecule has 2 aromatic carbocycles. The fraction of sp³-hybridized carbons (Fsp3) is 0.296. The first-order valence-electron chi connectivity index (χ1n) is 12.5. The Hall–Kier alpha value is -4.20. The molecule has 5 rings (SSSR count). The van der Waals surface area contributed by atoms with Crippen LogP contribution in [-0.2, 0) is 16.6 Å². The number of nitrogens with one attached hydrogen (secondary N) is 2. The molecule has 0 bridgehead atoms. The Kier molecular flexibility index (Phi) is 7.87. The lowest BCUT2D eigenvalue weighted by Gasteiger charge is -2.20. The molecular weight excluding hydrogens is 527 g/mol. The van der Waals surface area contributed by atoms with Crippen molar-refractivity contribution in [3.05, 3.63) is 83.4 Å². The highest BCUT2D eigenvalue weighted by Gasteiger charge is 2.37. The number of hydrogen-bond donors (Lipinski definition) is 2. The van der Waals surface area contributed by atoms with Gasteiger partial charge in [-0.1, -0.05) is 12.1 Å². The van der Waals surface area contributed by atoms with E-state index in [1.165, 1.54) is 22.9 Å². The van der Waals surface area contributed by atoms with E-state index in [0.29, 0.717) is 41.5 Å². The highest BCUT2D eigenvalue weighted by molar-refractivity contribution is 5.91. The van der Waals surface area contributed by atoms with Crippen LogP contribution >= 0.6 is 0 Å². The molecule has 3 heterocycles. The summed E-state index contributed by atoms with van der Waals surface area (Å²) in [5.41, 5.74) is 2.68. The van der Waals surface area contributed by atoms with Crippen molar-refractivity contribution < 1.29 is 27.5 Å². The average Bonchev–Trinajstić information content (AvgIpc) is 3.62. The quantitative estimate of drug-likeness (QED) is 0.340. The predicted octanol–water partition coefficient (Wildman–Crippen LogP) is 4.12. The van der Waals surface area contributed by atoms with E-state index >= 15 is 0 Å². The zero-order chi connectivity index (χ0) is 28.4. The molecule has 1 aliphatic heterocycles. The largest absolute Gasteiger partial charge is 0.383 e. The van der Waals surface area contributed by atoms with Crippen molar-refractivity contribution >= 4 is 11.8 Å². The van der Waals surface area contributed by atoms with E-state index < -0.39 is 35.6 Å². The lowest BCUT2D eigenvalue weighted by molar-refractivity contribution is -0.154. The third-order valence-electron chi connectivity index (χ3n) is 6.55. The Morgan fingerprint density at radius 3 is 2.70 bits per heavy atom. The molecule has 210 valence electrons. The van der Waals surface area contributed by atoms with Gasteiger partial charge < -0.3 is 10.1 Å². The van der Waals surface area contributed by atoms with Gasteiger partial charge in [-0.3, -0.25) is 14.8 Å². The minimum atomic E-state index is -1.02. The summed E-state index contributed by atoms with van der Waals surface area (Å²) in [7, 11) is 3.33. The topological polar surface area (TPSA) is 98.5 Å². The molecule has 0 aliphatic carbocycles. The second kappa shape index (κ2) is 11.5. The number of aryl methyl sites for hydroxylation is 1. The van der Waals surface area contributed by atoms with E-state index in [-0.39, 0.29) is 6.54 Å². The normalized spacial score (nSPS) is 17.4. The molecule has 4 aromatic rings. The molecule has 2 aromatic heterocycles. The molecule has 13 heteroatoms. The number of rotatable bonds is 8. The SMILES string of the molecule is COCCN1C[C@@H](NC(=O)Nc2c(C)c(-c3cnn(C)c3)nn2-c2cccc(F)c2)[C@H](c2ccc(F)c(F)c2)O1. The average molecular weight is 556 g/mol. The van der Waals surface area contributed by atoms with Crippen LogP contribution in [0.15, 0.2) is 54.9 Å². The van der Waals surface area contributed by atoms with Crippen molar-refractivity contribution in [2.24, 2.45) is 7.05 Å². The van der Waals surface area contributed by atoms with E-state index in [4.69, 9.17) is 9.57 Å². The van der Waals surface area contributed by atoms with Gasteiger partial charge in [-0.15, -0.1) is 0 Å². The minimum absolute atomic E-state index is 0.267. The van der Waals surface area contributed by atoms with Gasteiger partial charge in [0, 0.05) is 44.6 Å². The number of anilines is 1. The summed E-state index contributed by atoms with van der Waals surface area (Å²) in [6, 6.07) is 8.11. The van der Waals surface area contributed by atoms with E-state index in [1.807, 2.05) is 0 Å². The summed E-state index contributed by atoms with van der Waals surface area (Å²) in [5.74, 6) is -2.14. The monoisotopic (exact) mass is 555 g/mol. The summed E-state index contributed by atoms with van der Waals surface area (Å²) >= 11 is 0. The second-order valence-corrected chi connectivity index (χ2v) is 9.40. The molecular formula is C27H28F3N7O3. The number of hydrogen-bond acceptors (Lipinski definition) is 6. The lowest BCUT2D eigenvalue weighted by Crippen LogP contribution is -2.42. The highest BCUT2D eigenvalue weighted by atomic mass is 19.2. The third kappa shape index (κ3) is 5.71. The molecule has 0 radical (unpaired) electrons. The first-order chi connectivity index (χ1) is 19.2. The zero-order valence-electron chi connectivity index (χ0n) is 22.1. The second-order valence-electron chi connectivity index (χ2n) is 9.40. The van der Waals surface area contributed by atoms with Crippen molar-refractivity contribution in [2.45, 2.75) is 19.1 Å². The number of aromatic nitrogens is 4. The summed E-state index contributed by atoms with van der Waals surface area (Å²) in [6.45, 7) is 2.82. The Balaban J connectivity index is 1.43. The van der Waals surface area contributed by atoms with Gasteiger partial charge in [-0.25, -0.2) is 22.6 Å². The number of urea groups is 1. The number of halogens is 3. The standard InChI is InChI=1S/C27H28F3N7O3/c1-16-24(18-13-31-35(2)14-18)34-37(20-6-4-5-19(28)12-20)26(16)33-27(38)32-23-15-36(9-10-39-3)40-25(23)17-7-8-21(29)22(30)11-17/h4-8,11-14,23,25H,9-10,15H2,1-3H3,(H2,32,33,38)/t23-,25+/m1/s1. The number of ether oxygens (including phenoxy) is 1. The maximum Gasteiger partial charge on any atom is 0.320 e. The van der Waals surface area contributed by atoms with E-state index in [2.05, 4.69) is 20.8 Å². The molecule has 1 saturated heterocycles. The van der Waals surface area contributed by atoms with Crippen LogP contribution in [0.25, 0.3) is 16.9 Å². The van der Waals surface area contributed by atoms with Crippen molar-refractivity contribution in [2.75, 3.05) is 32.1 Å². The zero-order valence-corrected chi connectivity index (χ0v) is 22.1. The van der Waals surface area contributed by atoms with Gasteiger partial charge >= 0.3 is 6.03 Å². The van der Waals surface area contributed by atoms with Crippen LogP contribution < -0.4 is 10.6 Å². The van der Waals surface area contributed by atoms with Crippen LogP contribution in [0, 0.1) is 24.4 Å². The molecule has 2 atom stereocenters. The number of amides is 2.